The monoisotopic (exact) mass is 284 g/mol. The first-order valence-electron chi connectivity index (χ1n) is 6.72. The van der Waals surface area contributed by atoms with Crippen molar-refractivity contribution in [3.05, 3.63) is 60.2 Å². The average molecular weight is 284 g/mol. The quantitative estimate of drug-likeness (QED) is 0.492. The van der Waals surface area contributed by atoms with Gasteiger partial charge < -0.3 is 14.2 Å². The largest absolute Gasteiger partial charge is 0.497 e. The SMILES string of the molecule is COc1ccc(C2(C)OC2C(=O)Oc2ccccc2)cc1. The summed E-state index contributed by atoms with van der Waals surface area (Å²) in [6.07, 6.45) is -0.578. The Morgan fingerprint density at radius 3 is 2.33 bits per heavy atom. The van der Waals surface area contributed by atoms with Crippen molar-refractivity contribution in [1.29, 1.82) is 0 Å². The van der Waals surface area contributed by atoms with Crippen LogP contribution in [0.25, 0.3) is 0 Å². The van der Waals surface area contributed by atoms with E-state index in [4.69, 9.17) is 14.2 Å². The van der Waals surface area contributed by atoms with Crippen LogP contribution >= 0.6 is 0 Å². The van der Waals surface area contributed by atoms with Crippen LogP contribution in [0.3, 0.4) is 0 Å². The molecule has 1 heterocycles. The van der Waals surface area contributed by atoms with Crippen LogP contribution in [0.1, 0.15) is 12.5 Å². The van der Waals surface area contributed by atoms with Crippen LogP contribution in [0.2, 0.25) is 0 Å². The highest BCUT2D eigenvalue weighted by Crippen LogP contribution is 2.46. The highest BCUT2D eigenvalue weighted by Gasteiger charge is 2.59. The standard InChI is InChI=1S/C17H16O4/c1-17(12-8-10-13(19-2)11-9-12)15(21-17)16(18)20-14-6-4-3-5-7-14/h3-11,15H,1-2H3. The minimum absolute atomic E-state index is 0.375. The molecule has 0 amide bonds. The Morgan fingerprint density at radius 2 is 1.71 bits per heavy atom. The van der Waals surface area contributed by atoms with Crippen molar-refractivity contribution in [1.82, 2.24) is 0 Å². The van der Waals surface area contributed by atoms with Crippen LogP contribution in [-0.4, -0.2) is 19.2 Å². The Kier molecular flexibility index (Phi) is 3.39. The molecule has 0 aromatic heterocycles. The number of benzene rings is 2. The molecule has 1 fully saturated rings. The fourth-order valence-corrected chi connectivity index (χ4v) is 2.28. The number of para-hydroxylation sites is 1. The third-order valence-corrected chi connectivity index (χ3v) is 3.64. The lowest BCUT2D eigenvalue weighted by Crippen LogP contribution is -2.21. The van der Waals surface area contributed by atoms with Gasteiger partial charge in [-0.2, -0.15) is 0 Å². The molecule has 2 aromatic rings. The van der Waals surface area contributed by atoms with Gasteiger partial charge in [-0.15, -0.1) is 0 Å². The summed E-state index contributed by atoms with van der Waals surface area (Å²) in [6.45, 7) is 1.88. The zero-order valence-corrected chi connectivity index (χ0v) is 11.9. The second-order valence-corrected chi connectivity index (χ2v) is 5.07. The first-order valence-corrected chi connectivity index (χ1v) is 6.72. The lowest BCUT2D eigenvalue weighted by Gasteiger charge is -2.08. The van der Waals surface area contributed by atoms with Gasteiger partial charge in [-0.3, -0.25) is 0 Å². The minimum Gasteiger partial charge on any atom is -0.497 e. The predicted octanol–water partition coefficient (Wildman–Crippen LogP) is 2.91. The summed E-state index contributed by atoms with van der Waals surface area (Å²) >= 11 is 0. The van der Waals surface area contributed by atoms with Crippen molar-refractivity contribution in [2.24, 2.45) is 0 Å². The fourth-order valence-electron chi connectivity index (χ4n) is 2.28. The summed E-state index contributed by atoms with van der Waals surface area (Å²) < 4.78 is 16.0. The molecule has 108 valence electrons. The zero-order chi connectivity index (χ0) is 14.9. The number of carbonyl (C=O) groups excluding carboxylic acids is 1. The van der Waals surface area contributed by atoms with E-state index in [9.17, 15) is 4.79 Å². The van der Waals surface area contributed by atoms with E-state index in [0.29, 0.717) is 5.75 Å². The molecule has 0 saturated carbocycles. The molecule has 2 unspecified atom stereocenters. The molecular weight excluding hydrogens is 268 g/mol. The lowest BCUT2D eigenvalue weighted by molar-refractivity contribution is -0.135. The van der Waals surface area contributed by atoms with Crippen molar-refractivity contribution < 1.29 is 19.0 Å². The maximum atomic E-state index is 12.1. The summed E-state index contributed by atoms with van der Waals surface area (Å²) in [6, 6.07) is 16.5. The first-order chi connectivity index (χ1) is 10.1. The van der Waals surface area contributed by atoms with Gasteiger partial charge >= 0.3 is 5.97 Å². The van der Waals surface area contributed by atoms with E-state index in [2.05, 4.69) is 0 Å². The molecule has 3 rings (SSSR count). The van der Waals surface area contributed by atoms with Crippen LogP contribution in [0.4, 0.5) is 0 Å². The minimum atomic E-state index is -0.627. The van der Waals surface area contributed by atoms with E-state index in [1.165, 1.54) is 0 Å². The van der Waals surface area contributed by atoms with Gasteiger partial charge in [-0.05, 0) is 36.8 Å². The molecule has 4 nitrogen and oxygen atoms in total. The maximum absolute atomic E-state index is 12.1. The van der Waals surface area contributed by atoms with E-state index >= 15 is 0 Å². The van der Waals surface area contributed by atoms with E-state index in [0.717, 1.165) is 11.3 Å². The topological polar surface area (TPSA) is 48.1 Å². The van der Waals surface area contributed by atoms with Gasteiger partial charge in [0.15, 0.2) is 6.10 Å². The Labute approximate surface area is 123 Å². The number of hydrogen-bond acceptors (Lipinski definition) is 4. The van der Waals surface area contributed by atoms with Gasteiger partial charge in [0, 0.05) is 0 Å². The van der Waals surface area contributed by atoms with Crippen LogP contribution in [0.15, 0.2) is 54.6 Å². The summed E-state index contributed by atoms with van der Waals surface area (Å²) in [5, 5.41) is 0. The lowest BCUT2D eigenvalue weighted by atomic mass is 9.97. The third-order valence-electron chi connectivity index (χ3n) is 3.64. The smallest absolute Gasteiger partial charge is 0.344 e. The van der Waals surface area contributed by atoms with Crippen molar-refractivity contribution in [2.45, 2.75) is 18.6 Å². The molecule has 4 heteroatoms. The third kappa shape index (κ3) is 2.62. The van der Waals surface area contributed by atoms with Crippen molar-refractivity contribution in [3.63, 3.8) is 0 Å². The Morgan fingerprint density at radius 1 is 1.05 bits per heavy atom. The van der Waals surface area contributed by atoms with Gasteiger partial charge in [-0.1, -0.05) is 30.3 Å². The van der Waals surface area contributed by atoms with Gasteiger partial charge in [0.1, 0.15) is 17.1 Å². The number of rotatable bonds is 4. The fraction of sp³-hybridized carbons (Fsp3) is 0.235. The molecule has 1 saturated heterocycles. The molecular formula is C17H16O4. The molecule has 1 aliphatic heterocycles. The summed E-state index contributed by atoms with van der Waals surface area (Å²) in [4.78, 5) is 12.1. The van der Waals surface area contributed by atoms with Crippen LogP contribution in [0, 0.1) is 0 Å². The van der Waals surface area contributed by atoms with Crippen LogP contribution in [-0.2, 0) is 15.1 Å². The number of carbonyl (C=O) groups is 1. The summed E-state index contributed by atoms with van der Waals surface area (Å²) in [5.41, 5.74) is 0.302. The van der Waals surface area contributed by atoms with Gasteiger partial charge in [0.25, 0.3) is 0 Å². The second-order valence-electron chi connectivity index (χ2n) is 5.07. The number of hydrogen-bond donors (Lipinski definition) is 0. The number of esters is 1. The average Bonchev–Trinajstić information content (AvgIpc) is 3.22. The van der Waals surface area contributed by atoms with Gasteiger partial charge in [0.05, 0.1) is 7.11 Å². The molecule has 1 aliphatic rings. The maximum Gasteiger partial charge on any atom is 0.344 e. The predicted molar refractivity (Wildman–Crippen MR) is 77.3 cm³/mol. The van der Waals surface area contributed by atoms with E-state index < -0.39 is 11.7 Å². The Balaban J connectivity index is 1.70. The van der Waals surface area contributed by atoms with E-state index in [-0.39, 0.29) is 5.97 Å². The normalized spacial score (nSPS) is 23.4. The molecule has 2 atom stereocenters. The summed E-state index contributed by atoms with van der Waals surface area (Å²) in [5.74, 6) is 0.918. The second kappa shape index (κ2) is 5.22. The van der Waals surface area contributed by atoms with Gasteiger partial charge in [-0.25, -0.2) is 4.79 Å². The molecule has 0 bridgehead atoms. The molecule has 0 aliphatic carbocycles. The van der Waals surface area contributed by atoms with Crippen LogP contribution in [0.5, 0.6) is 11.5 Å². The van der Waals surface area contributed by atoms with Crippen molar-refractivity contribution in [2.75, 3.05) is 7.11 Å². The van der Waals surface area contributed by atoms with Crippen molar-refractivity contribution in [3.8, 4) is 11.5 Å². The van der Waals surface area contributed by atoms with E-state index in [1.54, 1.807) is 19.2 Å². The molecule has 0 N–H and O–H groups in total. The molecule has 2 aromatic carbocycles. The highest BCUT2D eigenvalue weighted by atomic mass is 16.7. The Hall–Kier alpha value is -2.33. The highest BCUT2D eigenvalue weighted by molar-refractivity contribution is 5.82. The van der Waals surface area contributed by atoms with Crippen molar-refractivity contribution >= 4 is 5.97 Å². The van der Waals surface area contributed by atoms with Crippen LogP contribution < -0.4 is 9.47 Å². The molecule has 0 radical (unpaired) electrons. The van der Waals surface area contributed by atoms with E-state index in [1.807, 2.05) is 49.4 Å². The number of ether oxygens (including phenoxy) is 3. The summed E-state index contributed by atoms with van der Waals surface area (Å²) in [7, 11) is 1.62. The Bertz CT molecular complexity index is 636. The van der Waals surface area contributed by atoms with Gasteiger partial charge in [0.2, 0.25) is 0 Å². The molecule has 21 heavy (non-hydrogen) atoms. The number of methoxy groups -OCH3 is 1. The number of epoxide rings is 1. The molecule has 0 spiro atoms. The zero-order valence-electron chi connectivity index (χ0n) is 11.9. The first kappa shape index (κ1) is 13.6.